The molecule has 33 heavy (non-hydrogen) atoms. The van der Waals surface area contributed by atoms with Gasteiger partial charge in [0.1, 0.15) is 0 Å². The van der Waals surface area contributed by atoms with E-state index in [1.54, 1.807) is 18.3 Å². The van der Waals surface area contributed by atoms with Crippen LogP contribution in [0.15, 0.2) is 54.9 Å². The van der Waals surface area contributed by atoms with Crippen LogP contribution in [0.3, 0.4) is 0 Å². The van der Waals surface area contributed by atoms with Crippen molar-refractivity contribution in [2.45, 2.75) is 39.4 Å². The number of carbonyl (C=O) groups is 1. The smallest absolute Gasteiger partial charge is 0.347 e. The third-order valence-corrected chi connectivity index (χ3v) is 4.94. The van der Waals surface area contributed by atoms with E-state index < -0.39 is 11.9 Å². The van der Waals surface area contributed by atoms with E-state index in [1.807, 2.05) is 39.8 Å². The van der Waals surface area contributed by atoms with Gasteiger partial charge in [0.2, 0.25) is 0 Å². The molecule has 0 radical (unpaired) electrons. The summed E-state index contributed by atoms with van der Waals surface area (Å²) >= 11 is 0. The molecule has 1 aromatic carbocycles. The molecule has 1 N–H and O–H groups in total. The summed E-state index contributed by atoms with van der Waals surface area (Å²) in [4.78, 5) is 20.7. The van der Waals surface area contributed by atoms with Gasteiger partial charge in [-0.15, -0.1) is 0 Å². The van der Waals surface area contributed by atoms with Gasteiger partial charge >= 0.3 is 6.18 Å². The van der Waals surface area contributed by atoms with E-state index in [-0.39, 0.29) is 22.7 Å². The van der Waals surface area contributed by atoms with E-state index in [0.717, 1.165) is 11.8 Å². The lowest BCUT2D eigenvalue weighted by Gasteiger charge is -2.21. The molecular weight excluding hydrogens is 431 g/mol. The normalized spacial score (nSPS) is 12.2. The van der Waals surface area contributed by atoms with Crippen molar-refractivity contribution in [2.24, 2.45) is 0 Å². The highest BCUT2D eigenvalue weighted by molar-refractivity contribution is 5.97. The number of hydrogen-bond donors (Lipinski definition) is 1. The first kappa shape index (κ1) is 22.4. The van der Waals surface area contributed by atoms with Crippen LogP contribution in [0.25, 0.3) is 28.2 Å². The van der Waals surface area contributed by atoms with E-state index in [2.05, 4.69) is 20.4 Å². The van der Waals surface area contributed by atoms with E-state index in [9.17, 15) is 18.0 Å². The zero-order chi connectivity index (χ0) is 24.0. The fourth-order valence-corrected chi connectivity index (χ4v) is 3.44. The van der Waals surface area contributed by atoms with E-state index >= 15 is 0 Å². The second kappa shape index (κ2) is 7.99. The van der Waals surface area contributed by atoms with Crippen LogP contribution in [0.2, 0.25) is 0 Å². The maximum atomic E-state index is 13.4. The van der Waals surface area contributed by atoms with Crippen molar-refractivity contribution in [3.63, 3.8) is 0 Å². The highest BCUT2D eigenvalue weighted by Gasteiger charge is 2.35. The maximum Gasteiger partial charge on any atom is 0.434 e. The van der Waals surface area contributed by atoms with Gasteiger partial charge in [0.25, 0.3) is 5.91 Å². The Morgan fingerprint density at radius 3 is 2.48 bits per heavy atom. The number of alkyl halides is 3. The number of aryl methyl sites for hydroxylation is 1. The molecule has 0 fully saturated rings. The van der Waals surface area contributed by atoms with Crippen LogP contribution < -0.4 is 5.32 Å². The summed E-state index contributed by atoms with van der Waals surface area (Å²) in [5, 5.41) is 7.27. The van der Waals surface area contributed by atoms with Gasteiger partial charge in [-0.2, -0.15) is 18.3 Å². The van der Waals surface area contributed by atoms with Crippen LogP contribution in [0, 0.1) is 6.92 Å². The molecule has 170 valence electrons. The number of aromatic nitrogens is 4. The molecule has 4 aromatic rings. The zero-order valence-corrected chi connectivity index (χ0v) is 18.5. The Kier molecular flexibility index (Phi) is 5.43. The Balaban J connectivity index is 1.74. The summed E-state index contributed by atoms with van der Waals surface area (Å²) in [6.45, 7) is 7.57. The Hall–Kier alpha value is -3.75. The number of amides is 1. The van der Waals surface area contributed by atoms with Crippen LogP contribution in [0.1, 0.15) is 42.4 Å². The monoisotopic (exact) mass is 453 g/mol. The third-order valence-electron chi connectivity index (χ3n) is 4.94. The van der Waals surface area contributed by atoms with Crippen molar-refractivity contribution in [3.05, 3.63) is 71.7 Å². The summed E-state index contributed by atoms with van der Waals surface area (Å²) in [6.07, 6.45) is -1.87. The van der Waals surface area contributed by atoms with E-state index in [1.165, 1.54) is 22.7 Å². The van der Waals surface area contributed by atoms with Crippen molar-refractivity contribution in [1.29, 1.82) is 0 Å². The van der Waals surface area contributed by atoms with Crippen LogP contribution in [-0.4, -0.2) is 31.0 Å². The summed E-state index contributed by atoms with van der Waals surface area (Å²) < 4.78 is 41.5. The first-order valence-electron chi connectivity index (χ1n) is 10.2. The highest BCUT2D eigenvalue weighted by atomic mass is 19.4. The average Bonchev–Trinajstić information content (AvgIpc) is 3.15. The molecule has 0 bridgehead atoms. The van der Waals surface area contributed by atoms with Gasteiger partial charge in [-0.1, -0.05) is 12.1 Å². The van der Waals surface area contributed by atoms with Crippen molar-refractivity contribution >= 4 is 11.6 Å². The molecule has 0 aliphatic rings. The number of halogens is 3. The molecule has 0 saturated heterocycles. The van der Waals surface area contributed by atoms with Gasteiger partial charge < -0.3 is 5.32 Å². The topological polar surface area (TPSA) is 72.2 Å². The number of fused-ring (bicyclic) bond motifs is 1. The summed E-state index contributed by atoms with van der Waals surface area (Å²) in [6, 6.07) is 11.3. The van der Waals surface area contributed by atoms with Crippen LogP contribution >= 0.6 is 0 Å². The molecular formula is C24H22F3N5O. The number of carbonyl (C=O) groups excluding carboxylic acids is 1. The molecule has 0 aliphatic carbocycles. The molecule has 3 aromatic heterocycles. The third kappa shape index (κ3) is 4.72. The molecule has 4 rings (SSSR count). The van der Waals surface area contributed by atoms with E-state index in [4.69, 9.17) is 0 Å². The van der Waals surface area contributed by atoms with Crippen LogP contribution in [0.4, 0.5) is 13.2 Å². The number of nitrogens with one attached hydrogen (secondary N) is 1. The molecule has 9 heteroatoms. The number of pyridine rings is 1. The maximum absolute atomic E-state index is 13.4. The van der Waals surface area contributed by atoms with Crippen LogP contribution in [-0.2, 0) is 6.18 Å². The Labute approximate surface area is 188 Å². The zero-order valence-electron chi connectivity index (χ0n) is 18.5. The Morgan fingerprint density at radius 1 is 1.03 bits per heavy atom. The molecule has 6 nitrogen and oxygen atoms in total. The predicted molar refractivity (Wildman–Crippen MR) is 119 cm³/mol. The highest BCUT2D eigenvalue weighted by Crippen LogP contribution is 2.34. The average molecular weight is 453 g/mol. The minimum atomic E-state index is -4.60. The first-order chi connectivity index (χ1) is 15.4. The molecule has 0 aliphatic heterocycles. The van der Waals surface area contributed by atoms with Gasteiger partial charge in [-0.3, -0.25) is 9.78 Å². The summed E-state index contributed by atoms with van der Waals surface area (Å²) in [7, 11) is 0. The minimum Gasteiger partial charge on any atom is -0.347 e. The second-order valence-electron chi connectivity index (χ2n) is 8.78. The van der Waals surface area contributed by atoms with Crippen molar-refractivity contribution in [3.8, 4) is 22.5 Å². The number of imidazole rings is 1. The van der Waals surface area contributed by atoms with Gasteiger partial charge in [0.15, 0.2) is 11.3 Å². The summed E-state index contributed by atoms with van der Waals surface area (Å²) in [5.41, 5.74) is 1.69. The van der Waals surface area contributed by atoms with Crippen molar-refractivity contribution in [1.82, 2.24) is 24.9 Å². The van der Waals surface area contributed by atoms with Gasteiger partial charge in [-0.05, 0) is 63.6 Å². The van der Waals surface area contributed by atoms with E-state index in [0.29, 0.717) is 22.5 Å². The molecule has 0 unspecified atom stereocenters. The molecule has 1 amide bonds. The fourth-order valence-electron chi connectivity index (χ4n) is 3.44. The van der Waals surface area contributed by atoms with Gasteiger partial charge in [-0.25, -0.2) is 9.50 Å². The number of rotatable bonds is 3. The lowest BCUT2D eigenvalue weighted by Crippen LogP contribution is -2.40. The SMILES string of the molecule is Cc1ccc(-c2cn3nc(-c4cccnc4C(F)(F)F)ccc3n2)cc1C(=O)NC(C)(C)C. The molecule has 0 spiro atoms. The number of nitrogens with zero attached hydrogens (tertiary/aromatic N) is 4. The van der Waals surface area contributed by atoms with Gasteiger partial charge in [0, 0.05) is 28.4 Å². The minimum absolute atomic E-state index is 0.112. The molecule has 3 heterocycles. The number of hydrogen-bond acceptors (Lipinski definition) is 4. The quantitative estimate of drug-likeness (QED) is 0.456. The standard InChI is InChI=1S/C24H22F3N5O/c1-14-7-8-15(12-17(14)22(33)30-23(2,3)4)19-13-32-20(29-19)10-9-18(31-32)16-6-5-11-28-21(16)24(25,26)27/h5-13H,1-4H3,(H,30,33). The molecule has 0 atom stereocenters. The Bertz CT molecular complexity index is 1350. The van der Waals surface area contributed by atoms with Gasteiger partial charge in [0.05, 0.1) is 17.6 Å². The fraction of sp³-hybridized carbons (Fsp3) is 0.250. The van der Waals surface area contributed by atoms with Crippen LogP contribution in [0.5, 0.6) is 0 Å². The number of benzene rings is 1. The Morgan fingerprint density at radius 2 is 1.79 bits per heavy atom. The molecule has 0 saturated carbocycles. The second-order valence-corrected chi connectivity index (χ2v) is 8.78. The van der Waals surface area contributed by atoms with Crippen molar-refractivity contribution < 1.29 is 18.0 Å². The lowest BCUT2D eigenvalue weighted by atomic mass is 10.0. The summed E-state index contributed by atoms with van der Waals surface area (Å²) in [5.74, 6) is -0.192. The first-order valence-corrected chi connectivity index (χ1v) is 10.2. The largest absolute Gasteiger partial charge is 0.434 e. The lowest BCUT2D eigenvalue weighted by molar-refractivity contribution is -0.140. The predicted octanol–water partition coefficient (Wildman–Crippen LogP) is 5.31. The van der Waals surface area contributed by atoms with Crippen molar-refractivity contribution in [2.75, 3.05) is 0 Å².